The molecule has 2 fully saturated rings. The predicted molar refractivity (Wildman–Crippen MR) is 81.9 cm³/mol. The van der Waals surface area contributed by atoms with Crippen molar-refractivity contribution >= 4 is 21.4 Å². The smallest absolute Gasteiger partial charge is 0.244 e. The number of carbonyl (C=O) groups excluding carboxylic acids is 1. The van der Waals surface area contributed by atoms with Crippen LogP contribution in [0.1, 0.15) is 24.8 Å². The maximum Gasteiger partial charge on any atom is 0.244 e. The molecular weight excluding hydrogens is 326 g/mol. The molecule has 2 aliphatic rings. The third-order valence-corrected chi connectivity index (χ3v) is 5.64. The van der Waals surface area contributed by atoms with E-state index in [4.69, 9.17) is 5.73 Å². The molecule has 1 heterocycles. The van der Waals surface area contributed by atoms with Crippen LogP contribution in [0.15, 0.2) is 12.1 Å². The summed E-state index contributed by atoms with van der Waals surface area (Å²) >= 11 is 0. The van der Waals surface area contributed by atoms with Crippen LogP contribution in [0.2, 0.25) is 0 Å². The first-order valence-electron chi connectivity index (χ1n) is 7.38. The van der Waals surface area contributed by atoms with E-state index in [2.05, 4.69) is 0 Å². The lowest BCUT2D eigenvalue weighted by Crippen LogP contribution is -2.34. The molecule has 0 radical (unpaired) electrons. The molecule has 0 bridgehead atoms. The number of amides is 1. The maximum atomic E-state index is 14.5. The van der Waals surface area contributed by atoms with Crippen molar-refractivity contribution in [3.8, 4) is 0 Å². The van der Waals surface area contributed by atoms with E-state index in [1.54, 1.807) is 0 Å². The molecule has 1 atom stereocenters. The molecule has 5 nitrogen and oxygen atoms in total. The molecule has 3 rings (SSSR count). The van der Waals surface area contributed by atoms with Gasteiger partial charge >= 0.3 is 0 Å². The molecule has 1 aliphatic carbocycles. The Bertz CT molecular complexity index is 775. The number of nitrogens with two attached hydrogens (primary N) is 1. The van der Waals surface area contributed by atoms with E-state index in [0.29, 0.717) is 19.3 Å². The molecule has 1 saturated heterocycles. The van der Waals surface area contributed by atoms with Gasteiger partial charge in [-0.05, 0) is 30.9 Å². The summed E-state index contributed by atoms with van der Waals surface area (Å²) in [4.78, 5) is 13.0. The molecule has 23 heavy (non-hydrogen) atoms. The number of nitrogens with zero attached hydrogens (tertiary/aromatic N) is 1. The summed E-state index contributed by atoms with van der Waals surface area (Å²) in [6.07, 6.45) is 2.48. The number of hydrogen-bond acceptors (Lipinski definition) is 4. The van der Waals surface area contributed by atoms with Gasteiger partial charge in [-0.15, -0.1) is 0 Å². The monoisotopic (exact) mass is 344 g/mol. The van der Waals surface area contributed by atoms with Crippen LogP contribution in [0.25, 0.3) is 0 Å². The Morgan fingerprint density at radius 3 is 2.43 bits per heavy atom. The molecule has 126 valence electrons. The fourth-order valence-electron chi connectivity index (χ4n) is 3.24. The number of anilines is 1. The summed E-state index contributed by atoms with van der Waals surface area (Å²) in [5.74, 6) is -2.83. The minimum Gasteiger partial charge on any atom is -0.320 e. The zero-order valence-corrected chi connectivity index (χ0v) is 13.5. The van der Waals surface area contributed by atoms with Gasteiger partial charge in [0.25, 0.3) is 0 Å². The third-order valence-electron chi connectivity index (χ3n) is 4.56. The highest BCUT2D eigenvalue weighted by Gasteiger charge is 2.49. The lowest BCUT2D eigenvalue weighted by Gasteiger charge is -2.21. The molecule has 0 aromatic heterocycles. The van der Waals surface area contributed by atoms with Gasteiger partial charge in [-0.3, -0.25) is 4.79 Å². The number of hydrogen-bond donors (Lipinski definition) is 1. The van der Waals surface area contributed by atoms with Crippen molar-refractivity contribution in [1.29, 1.82) is 0 Å². The molecule has 1 aliphatic heterocycles. The fourth-order valence-corrected chi connectivity index (χ4v) is 4.69. The van der Waals surface area contributed by atoms with Crippen molar-refractivity contribution in [2.75, 3.05) is 23.5 Å². The predicted octanol–water partition coefficient (Wildman–Crippen LogP) is 1.10. The van der Waals surface area contributed by atoms with Crippen molar-refractivity contribution < 1.29 is 22.0 Å². The second-order valence-electron chi connectivity index (χ2n) is 6.50. The van der Waals surface area contributed by atoms with Crippen molar-refractivity contribution in [2.45, 2.75) is 30.7 Å². The van der Waals surface area contributed by atoms with Crippen LogP contribution in [0.5, 0.6) is 0 Å². The first kappa shape index (κ1) is 16.3. The first-order chi connectivity index (χ1) is 10.6. The zero-order chi connectivity index (χ0) is 17.0. The van der Waals surface area contributed by atoms with E-state index in [1.807, 2.05) is 0 Å². The van der Waals surface area contributed by atoms with Crippen molar-refractivity contribution in [2.24, 2.45) is 5.73 Å². The second kappa shape index (κ2) is 5.24. The highest BCUT2D eigenvalue weighted by atomic mass is 32.2. The summed E-state index contributed by atoms with van der Waals surface area (Å²) in [7, 11) is -3.31. The van der Waals surface area contributed by atoms with Crippen LogP contribution >= 0.6 is 0 Å². The quantitative estimate of drug-likeness (QED) is 0.887. The van der Waals surface area contributed by atoms with Gasteiger partial charge < -0.3 is 10.6 Å². The Hall–Kier alpha value is -1.54. The molecule has 1 aromatic rings. The summed E-state index contributed by atoms with van der Waals surface area (Å²) in [5, 5.41) is 0. The van der Waals surface area contributed by atoms with E-state index in [1.165, 1.54) is 12.1 Å². The van der Waals surface area contributed by atoms with Gasteiger partial charge in [0.2, 0.25) is 5.91 Å². The van der Waals surface area contributed by atoms with Gasteiger partial charge in [0.05, 0.1) is 17.5 Å². The number of rotatable bonds is 4. The Kier molecular flexibility index (Phi) is 3.72. The van der Waals surface area contributed by atoms with Gasteiger partial charge in [0.1, 0.15) is 9.84 Å². The SMILES string of the molecule is CS(=O)(=O)CC1(c2ccc(N3CC[C@@H](N)C3=O)c(F)c2F)CC1. The van der Waals surface area contributed by atoms with Crippen LogP contribution in [0.4, 0.5) is 14.5 Å². The first-order valence-corrected chi connectivity index (χ1v) is 9.44. The maximum absolute atomic E-state index is 14.5. The molecule has 2 N–H and O–H groups in total. The van der Waals surface area contributed by atoms with Crippen LogP contribution < -0.4 is 10.6 Å². The topological polar surface area (TPSA) is 80.5 Å². The van der Waals surface area contributed by atoms with E-state index in [9.17, 15) is 22.0 Å². The van der Waals surface area contributed by atoms with E-state index in [-0.39, 0.29) is 23.5 Å². The highest BCUT2D eigenvalue weighted by molar-refractivity contribution is 7.90. The third kappa shape index (κ3) is 2.85. The molecule has 0 unspecified atom stereocenters. The number of benzene rings is 1. The molecule has 1 amide bonds. The largest absolute Gasteiger partial charge is 0.320 e. The number of halogens is 2. The Morgan fingerprint density at radius 2 is 1.96 bits per heavy atom. The lowest BCUT2D eigenvalue weighted by atomic mass is 9.96. The van der Waals surface area contributed by atoms with Crippen molar-refractivity contribution in [3.63, 3.8) is 0 Å². The van der Waals surface area contributed by atoms with Gasteiger partial charge in [-0.25, -0.2) is 17.2 Å². The Morgan fingerprint density at radius 1 is 1.30 bits per heavy atom. The van der Waals surface area contributed by atoms with Gasteiger partial charge in [0.15, 0.2) is 11.6 Å². The van der Waals surface area contributed by atoms with Gasteiger partial charge in [-0.2, -0.15) is 0 Å². The summed E-state index contributed by atoms with van der Waals surface area (Å²) < 4.78 is 52.0. The summed E-state index contributed by atoms with van der Waals surface area (Å²) in [5.41, 5.74) is 4.68. The lowest BCUT2D eigenvalue weighted by molar-refractivity contribution is -0.118. The van der Waals surface area contributed by atoms with Crippen molar-refractivity contribution in [3.05, 3.63) is 29.3 Å². The van der Waals surface area contributed by atoms with E-state index >= 15 is 0 Å². The minimum atomic E-state index is -3.31. The average molecular weight is 344 g/mol. The number of carbonyl (C=O) groups is 1. The normalized spacial score (nSPS) is 23.4. The standard InChI is InChI=1S/C15H18F2N2O3S/c1-23(21,22)8-15(5-6-15)9-2-3-11(13(17)12(9)16)19-7-4-10(18)14(19)20/h2-3,10H,4-8,18H2,1H3/t10-/m1/s1. The molecular formula is C15H18F2N2O3S. The van der Waals surface area contributed by atoms with E-state index in [0.717, 1.165) is 11.2 Å². The van der Waals surface area contributed by atoms with Crippen LogP contribution in [0.3, 0.4) is 0 Å². The second-order valence-corrected chi connectivity index (χ2v) is 8.64. The average Bonchev–Trinajstić information content (AvgIpc) is 3.13. The molecule has 1 aromatic carbocycles. The number of sulfone groups is 1. The van der Waals surface area contributed by atoms with Crippen LogP contribution in [-0.4, -0.2) is 38.9 Å². The summed E-state index contributed by atoms with van der Waals surface area (Å²) in [6.45, 7) is 0.240. The molecule has 1 saturated carbocycles. The van der Waals surface area contributed by atoms with Crippen LogP contribution in [-0.2, 0) is 20.0 Å². The van der Waals surface area contributed by atoms with Crippen molar-refractivity contribution in [1.82, 2.24) is 0 Å². The molecule has 0 spiro atoms. The summed E-state index contributed by atoms with van der Waals surface area (Å²) in [6, 6.07) is 2.03. The Balaban J connectivity index is 1.98. The zero-order valence-electron chi connectivity index (χ0n) is 12.7. The van der Waals surface area contributed by atoms with Gasteiger partial charge in [0, 0.05) is 18.2 Å². The highest BCUT2D eigenvalue weighted by Crippen LogP contribution is 2.50. The van der Waals surface area contributed by atoms with E-state index < -0.39 is 38.8 Å². The Labute approximate surface area is 133 Å². The van der Waals surface area contributed by atoms with Gasteiger partial charge in [-0.1, -0.05) is 6.07 Å². The molecule has 8 heteroatoms. The fraction of sp³-hybridized carbons (Fsp3) is 0.533. The van der Waals surface area contributed by atoms with Crippen LogP contribution in [0, 0.1) is 11.6 Å². The minimum absolute atomic E-state index is 0.0696.